The minimum absolute atomic E-state index is 0.340. The molecule has 102 valence electrons. The molecule has 0 aliphatic heterocycles. The van der Waals surface area contributed by atoms with Crippen LogP contribution in [0, 0.1) is 11.7 Å². The number of nitrogens with one attached hydrogen (secondary N) is 1. The Morgan fingerprint density at radius 1 is 1.42 bits per heavy atom. The summed E-state index contributed by atoms with van der Waals surface area (Å²) in [5.74, 6) is 0.155. The van der Waals surface area contributed by atoms with Crippen molar-refractivity contribution in [3.63, 3.8) is 0 Å². The topological polar surface area (TPSA) is 42.7 Å². The van der Waals surface area contributed by atoms with Crippen molar-refractivity contribution in [2.45, 2.75) is 20.4 Å². The Labute approximate surface area is 116 Å². The quantitative estimate of drug-likeness (QED) is 0.917. The highest BCUT2D eigenvalue weighted by Gasteiger charge is 2.08. The van der Waals surface area contributed by atoms with Crippen LogP contribution < -0.4 is 5.32 Å². The Bertz CT molecular complexity index is 553. The van der Waals surface area contributed by atoms with Crippen molar-refractivity contribution in [3.05, 3.63) is 40.9 Å². The van der Waals surface area contributed by atoms with E-state index < -0.39 is 5.82 Å². The van der Waals surface area contributed by atoms with E-state index in [9.17, 15) is 4.39 Å². The summed E-state index contributed by atoms with van der Waals surface area (Å²) < 4.78 is 15.1. The van der Waals surface area contributed by atoms with Gasteiger partial charge in [0.05, 0.1) is 11.9 Å². The van der Waals surface area contributed by atoms with Gasteiger partial charge in [0, 0.05) is 11.6 Å². The fourth-order valence-electron chi connectivity index (χ4n) is 1.65. The van der Waals surface area contributed by atoms with E-state index in [-0.39, 0.29) is 0 Å². The Morgan fingerprint density at radius 2 is 2.21 bits per heavy atom. The molecule has 0 saturated carbocycles. The van der Waals surface area contributed by atoms with E-state index in [0.29, 0.717) is 23.2 Å². The van der Waals surface area contributed by atoms with Crippen LogP contribution in [0.4, 0.5) is 4.39 Å². The minimum atomic E-state index is -0.418. The van der Waals surface area contributed by atoms with E-state index in [0.717, 1.165) is 12.2 Å². The average molecular weight is 283 g/mol. The second kappa shape index (κ2) is 6.12. The molecule has 19 heavy (non-hydrogen) atoms. The fraction of sp³-hybridized carbons (Fsp3) is 0.385. The minimum Gasteiger partial charge on any atom is -0.311 e. The summed E-state index contributed by atoms with van der Waals surface area (Å²) in [5, 5.41) is 11.5. The molecular weight excluding hydrogens is 267 g/mol. The summed E-state index contributed by atoms with van der Waals surface area (Å²) in [6, 6.07) is 4.46. The van der Waals surface area contributed by atoms with Gasteiger partial charge >= 0.3 is 0 Å². The van der Waals surface area contributed by atoms with Crippen LogP contribution in [0.3, 0.4) is 0 Å². The zero-order valence-electron chi connectivity index (χ0n) is 10.9. The van der Waals surface area contributed by atoms with Gasteiger partial charge in [-0.2, -0.15) is 0 Å². The first kappa shape index (κ1) is 14.0. The van der Waals surface area contributed by atoms with Crippen molar-refractivity contribution in [2.24, 2.45) is 5.92 Å². The second-order valence-electron chi connectivity index (χ2n) is 4.77. The Balaban J connectivity index is 2.08. The number of aromatic nitrogens is 3. The van der Waals surface area contributed by atoms with Crippen LogP contribution in [-0.4, -0.2) is 21.5 Å². The van der Waals surface area contributed by atoms with Gasteiger partial charge in [0.1, 0.15) is 11.5 Å². The largest absolute Gasteiger partial charge is 0.311 e. The lowest BCUT2D eigenvalue weighted by Crippen LogP contribution is -2.19. The van der Waals surface area contributed by atoms with Gasteiger partial charge < -0.3 is 5.32 Å². The SMILES string of the molecule is CC(C)CNCc1cn(-c2ccc(Cl)cc2F)nn1. The lowest BCUT2D eigenvalue weighted by Gasteiger charge is -2.04. The molecule has 6 heteroatoms. The smallest absolute Gasteiger partial charge is 0.150 e. The maximum Gasteiger partial charge on any atom is 0.150 e. The molecular formula is C13H16ClFN4. The third-order valence-corrected chi connectivity index (χ3v) is 2.79. The van der Waals surface area contributed by atoms with Gasteiger partial charge in [-0.1, -0.05) is 30.7 Å². The number of hydrogen-bond acceptors (Lipinski definition) is 3. The van der Waals surface area contributed by atoms with Gasteiger partial charge in [0.2, 0.25) is 0 Å². The van der Waals surface area contributed by atoms with Crippen molar-refractivity contribution in [3.8, 4) is 5.69 Å². The predicted molar refractivity (Wildman–Crippen MR) is 72.9 cm³/mol. The molecule has 2 rings (SSSR count). The fourth-order valence-corrected chi connectivity index (χ4v) is 1.81. The molecule has 0 radical (unpaired) electrons. The Kier molecular flexibility index (Phi) is 4.50. The van der Waals surface area contributed by atoms with E-state index in [1.165, 1.54) is 10.7 Å². The van der Waals surface area contributed by atoms with Crippen LogP contribution in [-0.2, 0) is 6.54 Å². The predicted octanol–water partition coefficient (Wildman–Crippen LogP) is 2.81. The molecule has 2 aromatic rings. The molecule has 0 aliphatic rings. The van der Waals surface area contributed by atoms with Crippen LogP contribution in [0.25, 0.3) is 5.69 Å². The van der Waals surface area contributed by atoms with Gasteiger partial charge in [-0.25, -0.2) is 9.07 Å². The van der Waals surface area contributed by atoms with Crippen molar-refractivity contribution < 1.29 is 4.39 Å². The number of nitrogens with zero attached hydrogens (tertiary/aromatic N) is 3. The summed E-state index contributed by atoms with van der Waals surface area (Å²) >= 11 is 5.71. The third kappa shape index (κ3) is 3.75. The molecule has 0 bridgehead atoms. The molecule has 0 saturated heterocycles. The van der Waals surface area contributed by atoms with Crippen molar-refractivity contribution in [2.75, 3.05) is 6.54 Å². The van der Waals surface area contributed by atoms with Crippen molar-refractivity contribution >= 4 is 11.6 Å². The van der Waals surface area contributed by atoms with E-state index in [2.05, 4.69) is 29.5 Å². The zero-order valence-corrected chi connectivity index (χ0v) is 11.7. The van der Waals surface area contributed by atoms with Gasteiger partial charge in [-0.15, -0.1) is 5.10 Å². The highest BCUT2D eigenvalue weighted by atomic mass is 35.5. The normalized spacial score (nSPS) is 11.2. The van der Waals surface area contributed by atoms with E-state index in [1.54, 1.807) is 18.3 Å². The number of halogens is 2. The Hall–Kier alpha value is -1.46. The lowest BCUT2D eigenvalue weighted by atomic mass is 10.2. The second-order valence-corrected chi connectivity index (χ2v) is 5.21. The van der Waals surface area contributed by atoms with Crippen molar-refractivity contribution in [1.82, 2.24) is 20.3 Å². The average Bonchev–Trinajstić information content (AvgIpc) is 2.77. The van der Waals surface area contributed by atoms with E-state index >= 15 is 0 Å². The number of hydrogen-bond donors (Lipinski definition) is 1. The number of benzene rings is 1. The van der Waals surface area contributed by atoms with Gasteiger partial charge in [0.25, 0.3) is 0 Å². The maximum atomic E-state index is 13.7. The maximum absolute atomic E-state index is 13.7. The molecule has 0 unspecified atom stereocenters. The molecule has 1 aromatic heterocycles. The molecule has 4 nitrogen and oxygen atoms in total. The summed E-state index contributed by atoms with van der Waals surface area (Å²) in [7, 11) is 0. The van der Waals surface area contributed by atoms with E-state index in [4.69, 9.17) is 11.6 Å². The lowest BCUT2D eigenvalue weighted by molar-refractivity contribution is 0.548. The van der Waals surface area contributed by atoms with Gasteiger partial charge in [0.15, 0.2) is 0 Å². The monoisotopic (exact) mass is 282 g/mol. The molecule has 0 amide bonds. The van der Waals surface area contributed by atoms with Crippen LogP contribution in [0.5, 0.6) is 0 Å². The van der Waals surface area contributed by atoms with E-state index in [1.807, 2.05) is 0 Å². The summed E-state index contributed by atoms with van der Waals surface area (Å²) in [4.78, 5) is 0. The van der Waals surface area contributed by atoms with Crippen LogP contribution >= 0.6 is 11.6 Å². The zero-order chi connectivity index (χ0) is 13.8. The summed E-state index contributed by atoms with van der Waals surface area (Å²) in [6.45, 7) is 5.79. The summed E-state index contributed by atoms with van der Waals surface area (Å²) in [6.07, 6.45) is 1.71. The Morgan fingerprint density at radius 3 is 2.89 bits per heavy atom. The third-order valence-electron chi connectivity index (χ3n) is 2.56. The molecule has 0 fully saturated rings. The molecule has 1 aromatic carbocycles. The highest BCUT2D eigenvalue weighted by molar-refractivity contribution is 6.30. The van der Waals surface area contributed by atoms with Gasteiger partial charge in [-0.3, -0.25) is 0 Å². The first-order valence-corrected chi connectivity index (χ1v) is 6.51. The molecule has 0 aliphatic carbocycles. The number of rotatable bonds is 5. The van der Waals surface area contributed by atoms with Crippen molar-refractivity contribution in [1.29, 1.82) is 0 Å². The van der Waals surface area contributed by atoms with Crippen LogP contribution in [0.1, 0.15) is 19.5 Å². The molecule has 1 heterocycles. The first-order chi connectivity index (χ1) is 9.06. The summed E-state index contributed by atoms with van der Waals surface area (Å²) in [5.41, 5.74) is 1.11. The molecule has 1 N–H and O–H groups in total. The first-order valence-electron chi connectivity index (χ1n) is 6.13. The standard InChI is InChI=1S/C13H16ClFN4/c1-9(2)6-16-7-11-8-19(18-17-11)13-4-3-10(14)5-12(13)15/h3-5,8-9,16H,6-7H2,1-2H3. The van der Waals surface area contributed by atoms with Gasteiger partial charge in [-0.05, 0) is 30.7 Å². The molecule has 0 spiro atoms. The van der Waals surface area contributed by atoms with Crippen LogP contribution in [0.2, 0.25) is 5.02 Å². The van der Waals surface area contributed by atoms with Crippen LogP contribution in [0.15, 0.2) is 24.4 Å². The molecule has 0 atom stereocenters. The highest BCUT2D eigenvalue weighted by Crippen LogP contribution is 2.17.